The van der Waals surface area contributed by atoms with E-state index in [2.05, 4.69) is 21.2 Å². The van der Waals surface area contributed by atoms with Gasteiger partial charge in [0.25, 0.3) is 5.91 Å². The quantitative estimate of drug-likeness (QED) is 0.612. The van der Waals surface area contributed by atoms with Crippen LogP contribution < -0.4 is 5.32 Å². The van der Waals surface area contributed by atoms with Gasteiger partial charge in [0.15, 0.2) is 0 Å². The van der Waals surface area contributed by atoms with Gasteiger partial charge in [0.2, 0.25) is 0 Å². The monoisotopic (exact) mass is 373 g/mol. The fraction of sp³-hybridized carbons (Fsp3) is 0.417. The molecule has 112 valence electrons. The first-order valence-electron chi connectivity index (χ1n) is 5.65. The summed E-state index contributed by atoms with van der Waals surface area (Å²) < 4.78 is 43.8. The van der Waals surface area contributed by atoms with Crippen molar-refractivity contribution in [1.29, 1.82) is 0 Å². The van der Waals surface area contributed by atoms with Crippen LogP contribution in [0.1, 0.15) is 15.9 Å². The summed E-state index contributed by atoms with van der Waals surface area (Å²) in [6.45, 7) is 0.628. The standard InChI is InChI=1S/C12H12BrClF3NO2/c13-8-1-2-9(10(7-8)12(15,16)17)11(19)18-4-6-20-5-3-14/h1-2,7H,3-6H2,(H,18,19). The summed E-state index contributed by atoms with van der Waals surface area (Å²) >= 11 is 8.34. The van der Waals surface area contributed by atoms with E-state index in [1.54, 1.807) is 0 Å². The first kappa shape index (κ1) is 17.3. The molecule has 0 radical (unpaired) electrons. The molecule has 0 fully saturated rings. The molecule has 1 rings (SSSR count). The fourth-order valence-corrected chi connectivity index (χ4v) is 1.91. The van der Waals surface area contributed by atoms with Crippen molar-refractivity contribution in [2.24, 2.45) is 0 Å². The van der Waals surface area contributed by atoms with Gasteiger partial charge >= 0.3 is 6.18 Å². The van der Waals surface area contributed by atoms with E-state index in [1.165, 1.54) is 6.07 Å². The highest BCUT2D eigenvalue weighted by Gasteiger charge is 2.35. The number of hydrogen-bond acceptors (Lipinski definition) is 2. The molecule has 1 amide bonds. The Labute approximate surface area is 127 Å². The number of rotatable bonds is 6. The van der Waals surface area contributed by atoms with Crippen molar-refractivity contribution in [3.8, 4) is 0 Å². The van der Waals surface area contributed by atoms with Gasteiger partial charge in [0.05, 0.1) is 24.3 Å². The summed E-state index contributed by atoms with van der Waals surface area (Å²) in [5.74, 6) is -0.474. The Balaban J connectivity index is 2.73. The zero-order chi connectivity index (χ0) is 15.2. The van der Waals surface area contributed by atoms with Crippen molar-refractivity contribution in [3.05, 3.63) is 33.8 Å². The third kappa shape index (κ3) is 5.30. The van der Waals surface area contributed by atoms with E-state index in [9.17, 15) is 18.0 Å². The minimum atomic E-state index is -4.59. The topological polar surface area (TPSA) is 38.3 Å². The first-order valence-corrected chi connectivity index (χ1v) is 6.97. The second-order valence-corrected chi connectivity index (χ2v) is 5.04. The third-order valence-corrected chi connectivity index (χ3v) is 2.93. The van der Waals surface area contributed by atoms with Crippen molar-refractivity contribution < 1.29 is 22.7 Å². The van der Waals surface area contributed by atoms with Gasteiger partial charge in [-0.05, 0) is 18.2 Å². The zero-order valence-electron chi connectivity index (χ0n) is 10.3. The molecule has 0 heterocycles. The first-order chi connectivity index (χ1) is 9.36. The number of nitrogens with one attached hydrogen (secondary N) is 1. The van der Waals surface area contributed by atoms with E-state index in [1.807, 2.05) is 0 Å². The van der Waals surface area contributed by atoms with E-state index in [0.717, 1.165) is 12.1 Å². The van der Waals surface area contributed by atoms with Crippen LogP contribution in [-0.2, 0) is 10.9 Å². The molecule has 1 aromatic carbocycles. The molecule has 1 aromatic rings. The predicted molar refractivity (Wildman–Crippen MR) is 73.0 cm³/mol. The number of benzene rings is 1. The van der Waals surface area contributed by atoms with Crippen molar-refractivity contribution in [3.63, 3.8) is 0 Å². The van der Waals surface area contributed by atoms with Crippen LogP contribution >= 0.6 is 27.5 Å². The molecule has 3 nitrogen and oxygen atoms in total. The molecule has 0 saturated heterocycles. The van der Waals surface area contributed by atoms with Gasteiger partial charge in [-0.3, -0.25) is 4.79 Å². The molecule has 0 unspecified atom stereocenters. The van der Waals surface area contributed by atoms with Crippen molar-refractivity contribution >= 4 is 33.4 Å². The molecule has 0 aliphatic rings. The fourth-order valence-electron chi connectivity index (χ4n) is 1.44. The molecular weight excluding hydrogens is 362 g/mol. The number of amides is 1. The van der Waals surface area contributed by atoms with E-state index in [4.69, 9.17) is 16.3 Å². The lowest BCUT2D eigenvalue weighted by Gasteiger charge is -2.13. The molecule has 0 saturated carbocycles. The van der Waals surface area contributed by atoms with E-state index >= 15 is 0 Å². The van der Waals surface area contributed by atoms with Crippen molar-refractivity contribution in [2.75, 3.05) is 25.6 Å². The van der Waals surface area contributed by atoms with Gasteiger partial charge in [-0.1, -0.05) is 15.9 Å². The number of ether oxygens (including phenoxy) is 1. The highest BCUT2D eigenvalue weighted by Crippen LogP contribution is 2.33. The van der Waals surface area contributed by atoms with Crippen LogP contribution in [0.3, 0.4) is 0 Å². The van der Waals surface area contributed by atoms with E-state index in [0.29, 0.717) is 12.5 Å². The van der Waals surface area contributed by atoms with Crippen LogP contribution in [0.15, 0.2) is 22.7 Å². The van der Waals surface area contributed by atoms with Gasteiger partial charge in [-0.25, -0.2) is 0 Å². The highest BCUT2D eigenvalue weighted by atomic mass is 79.9. The maximum Gasteiger partial charge on any atom is 0.417 e. The van der Waals surface area contributed by atoms with Crippen LogP contribution in [0.25, 0.3) is 0 Å². The lowest BCUT2D eigenvalue weighted by molar-refractivity contribution is -0.138. The number of halogens is 5. The van der Waals surface area contributed by atoms with Gasteiger partial charge in [0.1, 0.15) is 0 Å². The smallest absolute Gasteiger partial charge is 0.378 e. The highest BCUT2D eigenvalue weighted by molar-refractivity contribution is 9.10. The van der Waals surface area contributed by atoms with Crippen molar-refractivity contribution in [1.82, 2.24) is 5.32 Å². The molecule has 0 aromatic heterocycles. The average molecular weight is 375 g/mol. The molecule has 0 aliphatic carbocycles. The summed E-state index contributed by atoms with van der Waals surface area (Å²) in [6, 6.07) is 3.38. The molecule has 0 bridgehead atoms. The number of carbonyl (C=O) groups is 1. The minimum absolute atomic E-state index is 0.114. The van der Waals surface area contributed by atoms with Crippen LogP contribution in [0.4, 0.5) is 13.2 Å². The second kappa shape index (κ2) is 7.85. The Bertz CT molecular complexity index is 469. The van der Waals surface area contributed by atoms with Gasteiger partial charge < -0.3 is 10.1 Å². The summed E-state index contributed by atoms with van der Waals surface area (Å²) in [5, 5.41) is 2.37. The normalized spacial score (nSPS) is 11.4. The minimum Gasteiger partial charge on any atom is -0.378 e. The molecule has 1 N–H and O–H groups in total. The Morgan fingerprint density at radius 1 is 1.35 bits per heavy atom. The zero-order valence-corrected chi connectivity index (χ0v) is 12.6. The number of carbonyl (C=O) groups excluding carboxylic acids is 1. The summed E-state index contributed by atoms with van der Waals surface area (Å²) in [4.78, 5) is 11.7. The molecule has 0 atom stereocenters. The largest absolute Gasteiger partial charge is 0.417 e. The molecular formula is C12H12BrClF3NO2. The van der Waals surface area contributed by atoms with Crippen LogP contribution in [0.5, 0.6) is 0 Å². The molecule has 8 heteroatoms. The van der Waals surface area contributed by atoms with Crippen LogP contribution in [0.2, 0.25) is 0 Å². The summed E-state index contributed by atoms with van der Waals surface area (Å²) in [5.41, 5.74) is -1.40. The van der Waals surface area contributed by atoms with Crippen molar-refractivity contribution in [2.45, 2.75) is 6.18 Å². The van der Waals surface area contributed by atoms with Gasteiger partial charge in [0, 0.05) is 16.9 Å². The lowest BCUT2D eigenvalue weighted by atomic mass is 10.1. The predicted octanol–water partition coefficient (Wildman–Crippen LogP) is 3.45. The average Bonchev–Trinajstić information content (AvgIpc) is 2.37. The second-order valence-electron chi connectivity index (χ2n) is 3.74. The molecule has 20 heavy (non-hydrogen) atoms. The van der Waals surface area contributed by atoms with Crippen LogP contribution in [0, 0.1) is 0 Å². The van der Waals surface area contributed by atoms with Gasteiger partial charge in [-0.15, -0.1) is 11.6 Å². The maximum atomic E-state index is 12.8. The number of alkyl halides is 4. The Morgan fingerprint density at radius 2 is 2.05 bits per heavy atom. The Hall–Kier alpha value is -0.790. The lowest BCUT2D eigenvalue weighted by Crippen LogP contribution is -2.29. The maximum absolute atomic E-state index is 12.8. The van der Waals surface area contributed by atoms with Gasteiger partial charge in [-0.2, -0.15) is 13.2 Å². The van der Waals surface area contributed by atoms with Crippen LogP contribution in [-0.4, -0.2) is 31.5 Å². The molecule has 0 spiro atoms. The van der Waals surface area contributed by atoms with E-state index in [-0.39, 0.29) is 17.6 Å². The summed E-state index contributed by atoms with van der Waals surface area (Å²) in [7, 11) is 0. The molecule has 0 aliphatic heterocycles. The summed E-state index contributed by atoms with van der Waals surface area (Å²) in [6.07, 6.45) is -4.59. The Morgan fingerprint density at radius 3 is 2.65 bits per heavy atom. The SMILES string of the molecule is O=C(NCCOCCCl)c1ccc(Br)cc1C(F)(F)F. The Kier molecular flexibility index (Phi) is 6.78. The van der Waals surface area contributed by atoms with E-state index < -0.39 is 23.2 Å². The number of hydrogen-bond donors (Lipinski definition) is 1. The third-order valence-electron chi connectivity index (χ3n) is 2.29.